The maximum absolute atomic E-state index is 5.66. The largest absolute Gasteiger partial charge is 0.496 e. The molecule has 25 heavy (non-hydrogen) atoms. The first-order chi connectivity index (χ1) is 12.2. The van der Waals surface area contributed by atoms with Crippen LogP contribution in [-0.4, -0.2) is 52.6 Å². The van der Waals surface area contributed by atoms with Gasteiger partial charge in [0.2, 0.25) is 0 Å². The molecule has 6 nitrogen and oxygen atoms in total. The maximum atomic E-state index is 5.66. The maximum Gasteiger partial charge on any atom is 0.191 e. The first kappa shape index (κ1) is 19.5. The smallest absolute Gasteiger partial charge is 0.191 e. The molecule has 0 radical (unpaired) electrons. The molecule has 0 spiro atoms. The number of nitrogens with zero attached hydrogens (tertiary/aromatic N) is 1. The van der Waals surface area contributed by atoms with Gasteiger partial charge in [-0.15, -0.1) is 0 Å². The first-order valence-corrected chi connectivity index (χ1v) is 9.00. The van der Waals surface area contributed by atoms with Crippen LogP contribution in [0.1, 0.15) is 30.4 Å². The molecule has 1 atom stereocenters. The summed E-state index contributed by atoms with van der Waals surface area (Å²) in [6.07, 6.45) is 3.51. The molecule has 1 saturated heterocycles. The molecule has 1 aliphatic heterocycles. The van der Waals surface area contributed by atoms with E-state index < -0.39 is 0 Å². The lowest BCUT2D eigenvalue weighted by Crippen LogP contribution is -2.37. The van der Waals surface area contributed by atoms with Crippen LogP contribution >= 0.6 is 0 Å². The lowest BCUT2D eigenvalue weighted by molar-refractivity contribution is 0.0168. The molecule has 0 saturated carbocycles. The molecule has 1 aliphatic rings. The predicted molar refractivity (Wildman–Crippen MR) is 100 cm³/mol. The number of rotatable bonds is 9. The minimum absolute atomic E-state index is 0.298. The van der Waals surface area contributed by atoms with Crippen molar-refractivity contribution in [2.45, 2.75) is 38.8 Å². The second kappa shape index (κ2) is 10.9. The molecule has 0 aliphatic carbocycles. The number of methoxy groups -OCH3 is 1. The van der Waals surface area contributed by atoms with Gasteiger partial charge in [0.25, 0.3) is 0 Å². The van der Waals surface area contributed by atoms with Crippen molar-refractivity contribution in [3.05, 3.63) is 29.3 Å². The molecular formula is C19H31N3O3. The molecule has 2 rings (SSSR count). The lowest BCUT2D eigenvalue weighted by atomic mass is 10.1. The highest BCUT2D eigenvalue weighted by molar-refractivity contribution is 5.79. The highest BCUT2D eigenvalue weighted by atomic mass is 16.5. The van der Waals surface area contributed by atoms with Crippen molar-refractivity contribution in [2.24, 2.45) is 4.99 Å². The second-order valence-electron chi connectivity index (χ2n) is 6.23. The minimum Gasteiger partial charge on any atom is -0.496 e. The number of guanidine groups is 1. The Morgan fingerprint density at radius 1 is 1.36 bits per heavy atom. The molecule has 0 aromatic heterocycles. The van der Waals surface area contributed by atoms with Crippen LogP contribution in [-0.2, 0) is 16.0 Å². The van der Waals surface area contributed by atoms with Gasteiger partial charge in [-0.05, 0) is 37.8 Å². The summed E-state index contributed by atoms with van der Waals surface area (Å²) >= 11 is 0. The fourth-order valence-corrected chi connectivity index (χ4v) is 2.77. The number of hydrogen-bond donors (Lipinski definition) is 2. The van der Waals surface area contributed by atoms with E-state index in [0.717, 1.165) is 56.3 Å². The van der Waals surface area contributed by atoms with Crippen molar-refractivity contribution in [1.29, 1.82) is 0 Å². The fraction of sp³-hybridized carbons (Fsp3) is 0.632. The van der Waals surface area contributed by atoms with Crippen LogP contribution in [0.4, 0.5) is 0 Å². The first-order valence-electron chi connectivity index (χ1n) is 9.00. The third-order valence-corrected chi connectivity index (χ3v) is 4.20. The predicted octanol–water partition coefficient (Wildman–Crippen LogP) is 2.25. The van der Waals surface area contributed by atoms with Gasteiger partial charge in [-0.25, -0.2) is 0 Å². The SMILES string of the molecule is CN=C(NCCCOCC1CCCO1)NCc1ccc(C)cc1OC. The van der Waals surface area contributed by atoms with Crippen molar-refractivity contribution in [3.8, 4) is 5.75 Å². The number of nitrogens with one attached hydrogen (secondary N) is 2. The van der Waals surface area contributed by atoms with Crippen molar-refractivity contribution < 1.29 is 14.2 Å². The van der Waals surface area contributed by atoms with Gasteiger partial charge in [-0.2, -0.15) is 0 Å². The molecule has 140 valence electrons. The fourth-order valence-electron chi connectivity index (χ4n) is 2.77. The Balaban J connectivity index is 1.62. The van der Waals surface area contributed by atoms with Crippen molar-refractivity contribution >= 4 is 5.96 Å². The van der Waals surface area contributed by atoms with Gasteiger partial charge in [0.15, 0.2) is 5.96 Å². The minimum atomic E-state index is 0.298. The molecule has 1 aromatic rings. The van der Waals surface area contributed by atoms with Crippen molar-refractivity contribution in [3.63, 3.8) is 0 Å². The van der Waals surface area contributed by atoms with Gasteiger partial charge >= 0.3 is 0 Å². The van der Waals surface area contributed by atoms with E-state index in [4.69, 9.17) is 14.2 Å². The van der Waals surface area contributed by atoms with Gasteiger partial charge in [-0.1, -0.05) is 12.1 Å². The monoisotopic (exact) mass is 349 g/mol. The summed E-state index contributed by atoms with van der Waals surface area (Å²) in [6.45, 7) is 5.86. The number of ether oxygens (including phenoxy) is 3. The number of benzene rings is 1. The Kier molecular flexibility index (Phi) is 8.55. The number of aryl methyl sites for hydroxylation is 1. The summed E-state index contributed by atoms with van der Waals surface area (Å²) in [7, 11) is 3.47. The third kappa shape index (κ3) is 6.92. The van der Waals surface area contributed by atoms with E-state index >= 15 is 0 Å². The average Bonchev–Trinajstić information content (AvgIpc) is 3.14. The molecule has 6 heteroatoms. The number of hydrogen-bond acceptors (Lipinski definition) is 4. The van der Waals surface area contributed by atoms with Crippen LogP contribution in [0, 0.1) is 6.92 Å². The lowest BCUT2D eigenvalue weighted by Gasteiger charge is -2.14. The van der Waals surface area contributed by atoms with Crippen LogP contribution in [0.15, 0.2) is 23.2 Å². The van der Waals surface area contributed by atoms with Gasteiger partial charge in [0, 0.05) is 38.9 Å². The van der Waals surface area contributed by atoms with Gasteiger partial charge < -0.3 is 24.8 Å². The zero-order chi connectivity index (χ0) is 17.9. The molecule has 0 amide bonds. The number of aliphatic imine (C=N–C) groups is 1. The summed E-state index contributed by atoms with van der Waals surface area (Å²) in [5.41, 5.74) is 2.29. The quantitative estimate of drug-likeness (QED) is 0.407. The molecule has 2 N–H and O–H groups in total. The van der Waals surface area contributed by atoms with Crippen LogP contribution in [0.3, 0.4) is 0 Å². The highest BCUT2D eigenvalue weighted by Gasteiger charge is 2.14. The summed E-state index contributed by atoms with van der Waals surface area (Å²) in [5.74, 6) is 1.67. The Bertz CT molecular complexity index is 543. The summed E-state index contributed by atoms with van der Waals surface area (Å²) in [5, 5.41) is 6.62. The van der Waals surface area contributed by atoms with E-state index in [2.05, 4.69) is 34.7 Å². The van der Waals surface area contributed by atoms with Crippen molar-refractivity contribution in [2.75, 3.05) is 40.5 Å². The van der Waals surface area contributed by atoms with Gasteiger partial charge in [-0.3, -0.25) is 4.99 Å². The van der Waals surface area contributed by atoms with Crippen molar-refractivity contribution in [1.82, 2.24) is 10.6 Å². The van der Waals surface area contributed by atoms with Crippen LogP contribution in [0.25, 0.3) is 0 Å². The van der Waals surface area contributed by atoms with E-state index in [1.165, 1.54) is 5.56 Å². The van der Waals surface area contributed by atoms with Crippen LogP contribution in [0.2, 0.25) is 0 Å². The van der Waals surface area contributed by atoms with E-state index in [-0.39, 0.29) is 0 Å². The Morgan fingerprint density at radius 3 is 2.96 bits per heavy atom. The van der Waals surface area contributed by atoms with Crippen LogP contribution < -0.4 is 15.4 Å². The summed E-state index contributed by atoms with van der Waals surface area (Å²) in [6, 6.07) is 6.20. The molecular weight excluding hydrogens is 318 g/mol. The Labute approximate surface area is 151 Å². The van der Waals surface area contributed by atoms with Gasteiger partial charge in [0.1, 0.15) is 5.75 Å². The Hall–Kier alpha value is -1.79. The topological polar surface area (TPSA) is 64.1 Å². The molecule has 1 fully saturated rings. The van der Waals surface area contributed by atoms with Crippen LogP contribution in [0.5, 0.6) is 5.75 Å². The molecule has 0 bridgehead atoms. The molecule has 1 heterocycles. The molecule has 1 unspecified atom stereocenters. The Morgan fingerprint density at radius 2 is 2.24 bits per heavy atom. The standard InChI is InChI=1S/C19H31N3O3/c1-15-7-8-16(18(12-15)23-3)13-22-19(20-2)21-9-5-10-24-14-17-6-4-11-25-17/h7-8,12,17H,4-6,9-11,13-14H2,1-3H3,(H2,20,21,22). The normalized spacial score (nSPS) is 17.6. The average molecular weight is 349 g/mol. The third-order valence-electron chi connectivity index (χ3n) is 4.20. The van der Waals surface area contributed by atoms with E-state index in [1.54, 1.807) is 14.2 Å². The summed E-state index contributed by atoms with van der Waals surface area (Å²) in [4.78, 5) is 4.25. The highest BCUT2D eigenvalue weighted by Crippen LogP contribution is 2.19. The van der Waals surface area contributed by atoms with Gasteiger partial charge in [0.05, 0.1) is 19.8 Å². The zero-order valence-corrected chi connectivity index (χ0v) is 15.6. The van der Waals surface area contributed by atoms with E-state index in [1.807, 2.05) is 6.07 Å². The zero-order valence-electron chi connectivity index (χ0n) is 15.6. The molecule has 1 aromatic carbocycles. The second-order valence-corrected chi connectivity index (χ2v) is 6.23. The summed E-state index contributed by atoms with van der Waals surface area (Å²) < 4.78 is 16.6. The van der Waals surface area contributed by atoms with E-state index in [9.17, 15) is 0 Å². The van der Waals surface area contributed by atoms with E-state index in [0.29, 0.717) is 19.3 Å².